The number of hydrogen-bond donors (Lipinski definition) is 0. The molecule has 0 saturated heterocycles. The summed E-state index contributed by atoms with van der Waals surface area (Å²) in [5, 5.41) is 0. The maximum atomic E-state index is 3.79. The lowest BCUT2D eigenvalue weighted by Crippen LogP contribution is -2.34. The van der Waals surface area contributed by atoms with Crippen LogP contribution in [0.15, 0.2) is 97.7 Å². The minimum atomic E-state index is -0.222. The van der Waals surface area contributed by atoms with Crippen LogP contribution in [0.5, 0.6) is 0 Å². The SMILES string of the molecule is Brc1ccc2c(c1)C1(C3=C(CCC=C3)C3=C1CCc1ccccc13)c1ccc#cc1S2. The van der Waals surface area contributed by atoms with E-state index in [9.17, 15) is 0 Å². The second kappa shape index (κ2) is 6.52. The van der Waals surface area contributed by atoms with Gasteiger partial charge >= 0.3 is 0 Å². The van der Waals surface area contributed by atoms with Crippen LogP contribution in [0.4, 0.5) is 0 Å². The van der Waals surface area contributed by atoms with Gasteiger partial charge in [-0.25, -0.2) is 0 Å². The van der Waals surface area contributed by atoms with Gasteiger partial charge in [0.2, 0.25) is 0 Å². The smallest absolute Gasteiger partial charge is 0.0702 e. The number of benzene rings is 2. The molecule has 4 aliphatic rings. The number of hydrogen-bond acceptors (Lipinski definition) is 1. The van der Waals surface area contributed by atoms with Crippen molar-refractivity contribution in [1.29, 1.82) is 0 Å². The molecule has 3 aromatic carbocycles. The Hall–Kier alpha value is -2.47. The van der Waals surface area contributed by atoms with Gasteiger partial charge in [-0.05, 0) is 101 Å². The van der Waals surface area contributed by atoms with Crippen LogP contribution in [0, 0.1) is 12.1 Å². The van der Waals surface area contributed by atoms with E-state index >= 15 is 0 Å². The number of aryl methyl sites for hydroxylation is 1. The molecule has 1 spiro atoms. The fourth-order valence-corrected chi connectivity index (χ4v) is 7.67. The van der Waals surface area contributed by atoms with Gasteiger partial charge in [0.05, 0.1) is 10.3 Å². The third-order valence-electron chi connectivity index (χ3n) is 7.29. The molecule has 1 atom stereocenters. The first kappa shape index (κ1) is 18.1. The summed E-state index contributed by atoms with van der Waals surface area (Å²) in [5.41, 5.74) is 11.7. The van der Waals surface area contributed by atoms with Gasteiger partial charge in [0.15, 0.2) is 0 Å². The van der Waals surface area contributed by atoms with Crippen LogP contribution >= 0.6 is 27.7 Å². The monoisotopic (exact) mass is 478 g/mol. The van der Waals surface area contributed by atoms with Gasteiger partial charge in [0, 0.05) is 9.37 Å². The first-order valence-corrected chi connectivity index (χ1v) is 12.5. The van der Waals surface area contributed by atoms with Crippen LogP contribution in [-0.4, -0.2) is 0 Å². The van der Waals surface area contributed by atoms with Gasteiger partial charge in [0.1, 0.15) is 0 Å². The Bertz CT molecular complexity index is 1370. The Kier molecular flexibility index (Phi) is 3.81. The molecule has 0 nitrogen and oxygen atoms in total. The predicted octanol–water partition coefficient (Wildman–Crippen LogP) is 7.86. The first-order chi connectivity index (χ1) is 15.3. The molecule has 7 rings (SSSR count). The molecule has 0 aromatic heterocycles. The molecular formula is C29H19BrS. The minimum Gasteiger partial charge on any atom is -0.0839 e. The van der Waals surface area contributed by atoms with Gasteiger partial charge in [-0.3, -0.25) is 0 Å². The van der Waals surface area contributed by atoms with Crippen LogP contribution in [0.25, 0.3) is 5.57 Å². The van der Waals surface area contributed by atoms with Crippen molar-refractivity contribution < 1.29 is 0 Å². The van der Waals surface area contributed by atoms with E-state index in [0.29, 0.717) is 0 Å². The molecule has 148 valence electrons. The van der Waals surface area contributed by atoms with Gasteiger partial charge in [-0.15, -0.1) is 0 Å². The largest absolute Gasteiger partial charge is 0.0839 e. The van der Waals surface area contributed by atoms with Crippen LogP contribution in [0.2, 0.25) is 0 Å². The summed E-state index contributed by atoms with van der Waals surface area (Å²) in [7, 11) is 0. The molecule has 3 aliphatic carbocycles. The first-order valence-electron chi connectivity index (χ1n) is 10.9. The van der Waals surface area contributed by atoms with Crippen LogP contribution in [-0.2, 0) is 11.8 Å². The van der Waals surface area contributed by atoms with E-state index in [1.165, 1.54) is 43.2 Å². The lowest BCUT2D eigenvalue weighted by Gasteiger charge is -2.42. The normalized spacial score (nSPS) is 22.5. The molecule has 1 unspecified atom stereocenters. The van der Waals surface area contributed by atoms with Crippen molar-refractivity contribution in [2.45, 2.75) is 40.9 Å². The Balaban J connectivity index is 1.67. The molecule has 0 fully saturated rings. The lowest BCUT2D eigenvalue weighted by molar-refractivity contribution is 0.651. The van der Waals surface area contributed by atoms with Gasteiger partial charge in [-0.1, -0.05) is 76.2 Å². The zero-order valence-electron chi connectivity index (χ0n) is 17.0. The molecule has 2 heteroatoms. The van der Waals surface area contributed by atoms with E-state index in [0.717, 1.165) is 30.2 Å². The molecule has 0 bridgehead atoms. The average Bonchev–Trinajstić information content (AvgIpc) is 3.11. The summed E-state index contributed by atoms with van der Waals surface area (Å²) in [6, 6.07) is 26.9. The molecular weight excluding hydrogens is 460 g/mol. The second-order valence-corrected chi connectivity index (χ2v) is 10.6. The minimum absolute atomic E-state index is 0.222. The summed E-state index contributed by atoms with van der Waals surface area (Å²) < 4.78 is 1.15. The fraction of sp³-hybridized carbons (Fsp3) is 0.172. The van der Waals surface area contributed by atoms with Gasteiger partial charge < -0.3 is 0 Å². The zero-order valence-corrected chi connectivity index (χ0v) is 19.4. The van der Waals surface area contributed by atoms with E-state index < -0.39 is 0 Å². The Morgan fingerprint density at radius 1 is 0.968 bits per heavy atom. The van der Waals surface area contributed by atoms with Crippen LogP contribution in [0.3, 0.4) is 0 Å². The summed E-state index contributed by atoms with van der Waals surface area (Å²) in [6.45, 7) is 0. The summed E-state index contributed by atoms with van der Waals surface area (Å²) in [6.07, 6.45) is 9.26. The predicted molar refractivity (Wildman–Crippen MR) is 130 cm³/mol. The lowest BCUT2D eigenvalue weighted by atomic mass is 9.63. The van der Waals surface area contributed by atoms with Crippen molar-refractivity contribution in [2.75, 3.05) is 0 Å². The van der Waals surface area contributed by atoms with E-state index in [1.54, 1.807) is 11.1 Å². The van der Waals surface area contributed by atoms with E-state index in [1.807, 2.05) is 17.8 Å². The van der Waals surface area contributed by atoms with Crippen molar-refractivity contribution in [3.8, 4) is 0 Å². The third kappa shape index (κ3) is 2.29. The average molecular weight is 479 g/mol. The zero-order chi connectivity index (χ0) is 20.6. The van der Waals surface area contributed by atoms with Crippen LogP contribution in [0.1, 0.15) is 41.5 Å². The van der Waals surface area contributed by atoms with Crippen molar-refractivity contribution in [3.63, 3.8) is 0 Å². The number of allylic oxidation sites excluding steroid dienone is 6. The molecule has 31 heavy (non-hydrogen) atoms. The highest BCUT2D eigenvalue weighted by atomic mass is 79.9. The molecule has 0 radical (unpaired) electrons. The Morgan fingerprint density at radius 2 is 1.90 bits per heavy atom. The number of fused-ring (bicyclic) bond motifs is 9. The van der Waals surface area contributed by atoms with Crippen molar-refractivity contribution in [3.05, 3.63) is 122 Å². The molecule has 1 aliphatic heterocycles. The van der Waals surface area contributed by atoms with Crippen molar-refractivity contribution in [1.82, 2.24) is 0 Å². The van der Waals surface area contributed by atoms with E-state index in [-0.39, 0.29) is 5.41 Å². The van der Waals surface area contributed by atoms with E-state index in [2.05, 4.69) is 88.7 Å². The van der Waals surface area contributed by atoms with Crippen molar-refractivity contribution in [2.24, 2.45) is 0 Å². The van der Waals surface area contributed by atoms with Crippen LogP contribution < -0.4 is 0 Å². The topological polar surface area (TPSA) is 0 Å². The summed E-state index contributed by atoms with van der Waals surface area (Å²) in [5.74, 6) is 0. The number of halogens is 1. The van der Waals surface area contributed by atoms with Crippen molar-refractivity contribution >= 4 is 33.3 Å². The molecule has 3 aromatic rings. The third-order valence-corrected chi connectivity index (χ3v) is 8.88. The highest BCUT2D eigenvalue weighted by Crippen LogP contribution is 2.65. The van der Waals surface area contributed by atoms with Gasteiger partial charge in [0.25, 0.3) is 0 Å². The fourth-order valence-electron chi connectivity index (χ4n) is 6.19. The van der Waals surface area contributed by atoms with E-state index in [4.69, 9.17) is 0 Å². The summed E-state index contributed by atoms with van der Waals surface area (Å²) in [4.78, 5) is 2.56. The maximum absolute atomic E-state index is 3.79. The molecule has 0 saturated carbocycles. The highest BCUT2D eigenvalue weighted by molar-refractivity contribution is 9.10. The summed E-state index contributed by atoms with van der Waals surface area (Å²) >= 11 is 5.63. The number of rotatable bonds is 0. The standard InChI is InChI=1S/C29H19BrS/c30-19-14-16-27-25(17-19)29(23-11-5-6-12-26(23)31-27)22-10-4-3-9-21(22)28-20-8-2-1-7-18(20)13-15-24(28)29/h1-2,4-5,7-8,10-11,14,16-17H,3,9,13,15H2. The Morgan fingerprint density at radius 3 is 2.87 bits per heavy atom. The maximum Gasteiger partial charge on any atom is 0.0702 e. The highest BCUT2D eigenvalue weighted by Gasteiger charge is 2.53. The molecule has 1 heterocycles. The Labute approximate surface area is 195 Å². The van der Waals surface area contributed by atoms with Gasteiger partial charge in [-0.2, -0.15) is 0 Å². The second-order valence-electron chi connectivity index (χ2n) is 8.68. The molecule has 0 amide bonds. The molecule has 0 N–H and O–H groups in total. The quantitative estimate of drug-likeness (QED) is 0.316.